The Balaban J connectivity index is -0.000000202. The molecule has 0 aliphatic carbocycles. The van der Waals surface area contributed by atoms with Crippen LogP contribution >= 0.6 is 0 Å². The quantitative estimate of drug-likeness (QED) is 0.354. The van der Waals surface area contributed by atoms with E-state index in [1.54, 1.807) is 0 Å². The van der Waals surface area contributed by atoms with Crippen LogP contribution in [0.4, 0.5) is 0 Å². The average Bonchev–Trinajstić information content (AvgIpc) is 2.10. The van der Waals surface area contributed by atoms with Crippen LogP contribution in [0.25, 0.3) is 0 Å². The second-order valence-electron chi connectivity index (χ2n) is 3.68. The van der Waals surface area contributed by atoms with Crippen molar-refractivity contribution in [3.63, 3.8) is 0 Å². The van der Waals surface area contributed by atoms with E-state index >= 15 is 0 Å². The Kier molecular flexibility index (Phi) is 41.0. The maximum Gasteiger partial charge on any atom is 0 e. The minimum atomic E-state index is 0. The molecule has 0 nitrogen and oxygen atoms in total. The molecule has 0 aliphatic heterocycles. The molecule has 0 bridgehead atoms. The van der Waals surface area contributed by atoms with Crippen molar-refractivity contribution in [1.29, 1.82) is 0 Å². The summed E-state index contributed by atoms with van der Waals surface area (Å²) >= 11 is 0. The van der Waals surface area contributed by atoms with Gasteiger partial charge in [-0.15, -0.1) is 0 Å². The summed E-state index contributed by atoms with van der Waals surface area (Å²) in [5.74, 6) is 0. The van der Waals surface area contributed by atoms with Crippen LogP contribution in [-0.4, -0.2) is 19.8 Å². The molecule has 0 amide bonds. The first-order valence-corrected chi connectivity index (χ1v) is 5.71. The normalized spacial score (nSPS) is 8.40. The fourth-order valence-corrected chi connectivity index (χ4v) is 1.49. The van der Waals surface area contributed by atoms with Gasteiger partial charge in [0.2, 0.25) is 0 Å². The maximum absolute atomic E-state index is 3.84. The molecule has 0 aromatic heterocycles. The third-order valence-corrected chi connectivity index (χ3v) is 2.35. The van der Waals surface area contributed by atoms with Crippen molar-refractivity contribution in [2.24, 2.45) is 0 Å². The average molecular weight is 310 g/mol. The van der Waals surface area contributed by atoms with Crippen LogP contribution < -0.4 is 24.8 Å². The van der Waals surface area contributed by atoms with E-state index in [0.29, 0.717) is 0 Å². The van der Waals surface area contributed by atoms with Gasteiger partial charge in [0.1, 0.15) is 0 Å². The van der Waals surface area contributed by atoms with Gasteiger partial charge in [-0.1, -0.05) is 78.1 Å². The van der Waals surface area contributed by atoms with Gasteiger partial charge >= 0.3 is 0 Å². The molecule has 4 radical (unpaired) electrons. The van der Waals surface area contributed by atoms with E-state index in [1.165, 1.54) is 57.8 Å². The monoisotopic (exact) mass is 308 g/mol. The van der Waals surface area contributed by atoms with Gasteiger partial charge in [-0.2, -0.15) is 0 Å². The Bertz CT molecular complexity index is 70.0. The van der Waals surface area contributed by atoms with E-state index < -0.39 is 0 Å². The number of unbranched alkanes of at least 4 members (excludes halogenated alkanes) is 9. The Morgan fingerprint density at radius 2 is 1.00 bits per heavy atom. The number of hydrogen-bond acceptors (Lipinski definition) is 0. The number of halogens is 2. The smallest absolute Gasteiger partial charge is 0 e. The molecule has 0 atom stereocenters. The molecule has 0 aromatic rings. The van der Waals surface area contributed by atoms with E-state index in [2.05, 4.69) is 13.8 Å². The molecule has 92 valence electrons. The van der Waals surface area contributed by atoms with Crippen molar-refractivity contribution in [2.45, 2.75) is 71.1 Å². The first-order chi connectivity index (χ1) is 5.91. The molecule has 3 heteroatoms. The fraction of sp³-hybridized carbons (Fsp3) is 0.917. The summed E-state index contributed by atoms with van der Waals surface area (Å²) in [6.07, 6.45) is 13.9. The molecule has 0 unspecified atom stereocenters. The van der Waals surface area contributed by atoms with E-state index in [4.69, 9.17) is 0 Å². The molecular formula is C12H25Cl2Ga-2. The molecular weight excluding hydrogens is 285 g/mol. The summed E-state index contributed by atoms with van der Waals surface area (Å²) in [5, 5.41) is 0. The number of rotatable bonds is 9. The molecule has 0 N–H and O–H groups in total. The SMILES string of the molecule is [CH2]CCCCCCCCCCC.[Cl-].[Cl-].[Ga]. The van der Waals surface area contributed by atoms with E-state index in [-0.39, 0.29) is 44.6 Å². The van der Waals surface area contributed by atoms with Crippen LogP contribution in [-0.2, 0) is 0 Å². The Hall–Kier alpha value is 1.22. The van der Waals surface area contributed by atoms with Crippen molar-refractivity contribution in [1.82, 2.24) is 0 Å². The van der Waals surface area contributed by atoms with Crippen LogP contribution in [0.2, 0.25) is 0 Å². The summed E-state index contributed by atoms with van der Waals surface area (Å²) in [6, 6.07) is 0. The summed E-state index contributed by atoms with van der Waals surface area (Å²) < 4.78 is 0. The molecule has 0 aromatic carbocycles. The van der Waals surface area contributed by atoms with Crippen LogP contribution in [0, 0.1) is 6.92 Å². The van der Waals surface area contributed by atoms with Crippen LogP contribution in [0.5, 0.6) is 0 Å². The predicted octanol–water partition coefficient (Wildman–Crippen LogP) is -1.63. The zero-order valence-electron chi connectivity index (χ0n) is 10.1. The van der Waals surface area contributed by atoms with Gasteiger partial charge in [0, 0.05) is 19.8 Å². The van der Waals surface area contributed by atoms with Crippen molar-refractivity contribution in [3.05, 3.63) is 6.92 Å². The van der Waals surface area contributed by atoms with Gasteiger partial charge in [0.05, 0.1) is 0 Å². The fourth-order valence-electron chi connectivity index (χ4n) is 1.49. The minimum Gasteiger partial charge on any atom is -1.00 e. The van der Waals surface area contributed by atoms with Gasteiger partial charge in [0.15, 0.2) is 0 Å². The van der Waals surface area contributed by atoms with Crippen molar-refractivity contribution in [2.75, 3.05) is 0 Å². The third kappa shape index (κ3) is 25.5. The molecule has 0 heterocycles. The molecule has 15 heavy (non-hydrogen) atoms. The zero-order valence-corrected chi connectivity index (χ0v) is 14.0. The second-order valence-corrected chi connectivity index (χ2v) is 3.68. The second kappa shape index (κ2) is 24.4. The van der Waals surface area contributed by atoms with Gasteiger partial charge < -0.3 is 24.8 Å². The van der Waals surface area contributed by atoms with Gasteiger partial charge in [0.25, 0.3) is 0 Å². The van der Waals surface area contributed by atoms with Gasteiger partial charge in [-0.05, 0) is 0 Å². The van der Waals surface area contributed by atoms with Gasteiger partial charge in [-0.3, -0.25) is 0 Å². The van der Waals surface area contributed by atoms with Crippen LogP contribution in [0.15, 0.2) is 0 Å². The number of hydrogen-bond donors (Lipinski definition) is 0. The molecule has 0 saturated heterocycles. The van der Waals surface area contributed by atoms with E-state index in [0.717, 1.165) is 6.42 Å². The van der Waals surface area contributed by atoms with Crippen molar-refractivity contribution >= 4 is 19.8 Å². The maximum atomic E-state index is 3.84. The molecule has 0 rings (SSSR count). The van der Waals surface area contributed by atoms with E-state index in [9.17, 15) is 0 Å². The Morgan fingerprint density at radius 3 is 1.33 bits per heavy atom. The predicted molar refractivity (Wildman–Crippen MR) is 63.0 cm³/mol. The van der Waals surface area contributed by atoms with Crippen LogP contribution in [0.1, 0.15) is 71.1 Å². The Morgan fingerprint density at radius 1 is 0.667 bits per heavy atom. The zero-order chi connectivity index (χ0) is 9.07. The first-order valence-electron chi connectivity index (χ1n) is 5.71. The van der Waals surface area contributed by atoms with Crippen molar-refractivity contribution < 1.29 is 24.8 Å². The summed E-state index contributed by atoms with van der Waals surface area (Å²) in [7, 11) is 0. The Labute approximate surface area is 122 Å². The van der Waals surface area contributed by atoms with E-state index in [1.807, 2.05) is 0 Å². The molecule has 0 saturated carbocycles. The summed E-state index contributed by atoms with van der Waals surface area (Å²) in [5.41, 5.74) is 0. The topological polar surface area (TPSA) is 0 Å². The first kappa shape index (κ1) is 25.2. The summed E-state index contributed by atoms with van der Waals surface area (Å²) in [6.45, 7) is 6.12. The van der Waals surface area contributed by atoms with Crippen LogP contribution in [0.3, 0.4) is 0 Å². The molecule has 0 aliphatic rings. The molecule has 0 fully saturated rings. The third-order valence-electron chi connectivity index (χ3n) is 2.35. The largest absolute Gasteiger partial charge is 1.00 e. The molecule has 0 spiro atoms. The minimum absolute atomic E-state index is 0. The standard InChI is InChI=1S/C12H25.2ClH.Ga/c1-3-5-7-9-11-12-10-8-6-4-2;;;/h1,3-12H2,2H3;2*1H;/p-2. The summed E-state index contributed by atoms with van der Waals surface area (Å²) in [4.78, 5) is 0. The van der Waals surface area contributed by atoms with Crippen molar-refractivity contribution in [3.8, 4) is 0 Å². The van der Waals surface area contributed by atoms with Gasteiger partial charge in [-0.25, -0.2) is 0 Å².